The number of benzene rings is 2. The topological polar surface area (TPSA) is 168 Å². The van der Waals surface area contributed by atoms with Crippen LogP contribution < -0.4 is 20.1 Å². The first-order chi connectivity index (χ1) is 21.0. The lowest BCUT2D eigenvalue weighted by atomic mass is 10.2. The lowest BCUT2D eigenvalue weighted by Gasteiger charge is -2.20. The van der Waals surface area contributed by atoms with Gasteiger partial charge in [-0.3, -0.25) is 9.32 Å². The van der Waals surface area contributed by atoms with E-state index in [9.17, 15) is 18.1 Å². The van der Waals surface area contributed by atoms with E-state index in [-0.39, 0.29) is 18.7 Å². The molecule has 0 saturated carbocycles. The summed E-state index contributed by atoms with van der Waals surface area (Å²) >= 11 is 1.20. The van der Waals surface area contributed by atoms with E-state index < -0.39 is 25.4 Å². The van der Waals surface area contributed by atoms with Crippen LogP contribution in [0.1, 0.15) is 18.2 Å². The predicted molar refractivity (Wildman–Crippen MR) is 160 cm³/mol. The average Bonchev–Trinajstić information content (AvgIpc) is 3.41. The number of halogens is 2. The van der Waals surface area contributed by atoms with Gasteiger partial charge in [0, 0.05) is 41.7 Å². The van der Waals surface area contributed by atoms with Gasteiger partial charge in [0.25, 0.3) is 0 Å². The third-order valence-corrected chi connectivity index (χ3v) is 7.66. The molecule has 0 fully saturated rings. The number of methoxy groups -OCH3 is 1. The second kappa shape index (κ2) is 15.3. The van der Waals surface area contributed by atoms with Crippen LogP contribution in [-0.2, 0) is 20.3 Å². The molecule has 0 spiro atoms. The van der Waals surface area contributed by atoms with Crippen LogP contribution in [0.4, 0.5) is 25.4 Å². The number of rotatable bonds is 16. The maximum atomic E-state index is 13.9. The molecule has 2 aromatic heterocycles. The SMILES string of the molecule is CCN(CCCOc1cc2ncnc(Nc3ncc(CC(=O)Nc4cc(F)ccc4F)s3)c2cc1OC)CCOP(=O)(O)O. The molecule has 0 radical (unpaired) electrons. The molecule has 2 heterocycles. The van der Waals surface area contributed by atoms with E-state index in [0.29, 0.717) is 70.9 Å². The number of amides is 1. The molecule has 4 rings (SSSR count). The molecule has 0 saturated heterocycles. The van der Waals surface area contributed by atoms with Gasteiger partial charge < -0.3 is 34.8 Å². The van der Waals surface area contributed by atoms with Crippen LogP contribution in [0.5, 0.6) is 11.5 Å². The molecule has 0 atom stereocenters. The first-order valence-corrected chi connectivity index (χ1v) is 15.7. The Balaban J connectivity index is 1.36. The van der Waals surface area contributed by atoms with Crippen molar-refractivity contribution in [2.24, 2.45) is 0 Å². The fraction of sp³-hybridized carbons (Fsp3) is 0.333. The third kappa shape index (κ3) is 9.61. The van der Waals surface area contributed by atoms with Gasteiger partial charge in [-0.2, -0.15) is 0 Å². The minimum atomic E-state index is -4.49. The molecule has 13 nitrogen and oxygen atoms in total. The molecular weight excluding hydrogens is 621 g/mol. The Hall–Kier alpha value is -3.79. The fourth-order valence-corrected chi connectivity index (χ4v) is 5.25. The molecular formula is C27H31F2N6O7PS. The number of carbonyl (C=O) groups excluding carboxylic acids is 1. The summed E-state index contributed by atoms with van der Waals surface area (Å²) in [4.78, 5) is 45.6. The van der Waals surface area contributed by atoms with Gasteiger partial charge in [-0.05, 0) is 31.2 Å². The molecule has 4 aromatic rings. The van der Waals surface area contributed by atoms with Crippen LogP contribution in [0.25, 0.3) is 10.9 Å². The number of phosphoric ester groups is 1. The van der Waals surface area contributed by atoms with Gasteiger partial charge in [-0.1, -0.05) is 6.92 Å². The Labute approximate surface area is 255 Å². The molecule has 1 amide bonds. The Morgan fingerprint density at radius 3 is 2.66 bits per heavy atom. The van der Waals surface area contributed by atoms with Crippen molar-refractivity contribution in [2.45, 2.75) is 19.8 Å². The number of nitrogens with one attached hydrogen (secondary N) is 2. The Kier molecular flexibility index (Phi) is 11.5. The van der Waals surface area contributed by atoms with Crippen molar-refractivity contribution < 1.29 is 41.9 Å². The number of anilines is 3. The van der Waals surface area contributed by atoms with E-state index in [1.165, 1.54) is 31.0 Å². The number of carbonyl (C=O) groups is 1. The van der Waals surface area contributed by atoms with E-state index >= 15 is 0 Å². The van der Waals surface area contributed by atoms with Crippen molar-refractivity contribution in [1.82, 2.24) is 19.9 Å². The normalized spacial score (nSPS) is 11.6. The molecule has 2 aromatic carbocycles. The lowest BCUT2D eigenvalue weighted by molar-refractivity contribution is -0.115. The van der Waals surface area contributed by atoms with E-state index in [0.717, 1.165) is 18.2 Å². The molecule has 0 aliphatic carbocycles. The highest BCUT2D eigenvalue weighted by molar-refractivity contribution is 7.46. The summed E-state index contributed by atoms with van der Waals surface area (Å²) in [7, 11) is -2.98. The van der Waals surface area contributed by atoms with Crippen molar-refractivity contribution >= 4 is 52.6 Å². The molecule has 17 heteroatoms. The summed E-state index contributed by atoms with van der Waals surface area (Å²) in [6.45, 7) is 3.90. The van der Waals surface area contributed by atoms with Crippen LogP contribution in [0.2, 0.25) is 0 Å². The molecule has 236 valence electrons. The molecule has 0 aliphatic rings. The van der Waals surface area contributed by atoms with Crippen LogP contribution in [-0.4, -0.2) is 75.5 Å². The number of hydrogen-bond acceptors (Lipinski definition) is 11. The molecule has 0 aliphatic heterocycles. The largest absolute Gasteiger partial charge is 0.493 e. The van der Waals surface area contributed by atoms with Crippen LogP contribution in [0, 0.1) is 11.6 Å². The highest BCUT2D eigenvalue weighted by Crippen LogP contribution is 2.36. The Bertz CT molecular complexity index is 1640. The molecule has 0 bridgehead atoms. The number of ether oxygens (including phenoxy) is 2. The third-order valence-electron chi connectivity index (χ3n) is 6.23. The van der Waals surface area contributed by atoms with Crippen LogP contribution in [0.15, 0.2) is 42.9 Å². The Morgan fingerprint density at radius 2 is 1.91 bits per heavy atom. The smallest absolute Gasteiger partial charge is 0.469 e. The number of thiazole rings is 1. The first kappa shape index (κ1) is 33.1. The number of likely N-dealkylation sites (N-methyl/N-ethyl adjacent to an activating group) is 1. The minimum Gasteiger partial charge on any atom is -0.493 e. The van der Waals surface area contributed by atoms with Crippen molar-refractivity contribution in [1.29, 1.82) is 0 Å². The van der Waals surface area contributed by atoms with E-state index in [2.05, 4.69) is 30.1 Å². The van der Waals surface area contributed by atoms with Crippen LogP contribution >= 0.6 is 19.2 Å². The number of phosphoric acid groups is 1. The summed E-state index contributed by atoms with van der Waals surface area (Å²) in [5.41, 5.74) is 0.341. The van der Waals surface area contributed by atoms with Crippen molar-refractivity contribution in [3.63, 3.8) is 0 Å². The van der Waals surface area contributed by atoms with Gasteiger partial charge >= 0.3 is 7.82 Å². The zero-order valence-electron chi connectivity index (χ0n) is 23.8. The molecule has 44 heavy (non-hydrogen) atoms. The summed E-state index contributed by atoms with van der Waals surface area (Å²) in [5.74, 6) is -0.538. The second-order valence-corrected chi connectivity index (χ2v) is 11.7. The van der Waals surface area contributed by atoms with E-state index in [1.807, 2.05) is 11.8 Å². The van der Waals surface area contributed by atoms with Crippen molar-refractivity contribution in [2.75, 3.05) is 50.6 Å². The first-order valence-electron chi connectivity index (χ1n) is 13.4. The van der Waals surface area contributed by atoms with Gasteiger partial charge in [0.1, 0.15) is 23.8 Å². The maximum absolute atomic E-state index is 13.9. The van der Waals surface area contributed by atoms with E-state index in [1.54, 1.807) is 12.1 Å². The Morgan fingerprint density at radius 1 is 1.09 bits per heavy atom. The van der Waals surface area contributed by atoms with Crippen LogP contribution in [0.3, 0.4) is 0 Å². The van der Waals surface area contributed by atoms with Gasteiger partial charge in [0.05, 0.1) is 37.9 Å². The number of hydrogen-bond donors (Lipinski definition) is 4. The highest BCUT2D eigenvalue weighted by atomic mass is 32.1. The summed E-state index contributed by atoms with van der Waals surface area (Å²) in [5, 5.41) is 6.58. The van der Waals surface area contributed by atoms with Crippen molar-refractivity contribution in [3.05, 3.63) is 59.4 Å². The number of aromatic nitrogens is 3. The zero-order valence-corrected chi connectivity index (χ0v) is 25.5. The maximum Gasteiger partial charge on any atom is 0.469 e. The van der Waals surface area contributed by atoms with E-state index in [4.69, 9.17) is 19.3 Å². The van der Waals surface area contributed by atoms with Gasteiger partial charge in [-0.25, -0.2) is 28.3 Å². The summed E-state index contributed by atoms with van der Waals surface area (Å²) in [6.07, 6.45) is 3.44. The average molecular weight is 653 g/mol. The minimum absolute atomic E-state index is 0.0804. The van der Waals surface area contributed by atoms with Gasteiger partial charge in [0.15, 0.2) is 16.6 Å². The summed E-state index contributed by atoms with van der Waals surface area (Å²) in [6, 6.07) is 6.29. The highest BCUT2D eigenvalue weighted by Gasteiger charge is 2.16. The monoisotopic (exact) mass is 652 g/mol. The standard InChI is InChI=1S/C27H31F2N6O7PS/c1-3-35(8-10-42-43(37,38)39)7-4-9-41-24-14-21-19(13-23(24)40-2)26(32-16-31-21)34-27-30-15-18(44-27)12-25(36)33-22-11-17(28)5-6-20(22)29/h5-6,11,13-16H,3-4,7-10,12H2,1-2H3,(H,33,36)(H2,37,38,39)(H,30,31,32,34). The second-order valence-electron chi connectivity index (χ2n) is 9.31. The summed E-state index contributed by atoms with van der Waals surface area (Å²) < 4.78 is 54.1. The quantitative estimate of drug-likeness (QED) is 0.0990. The van der Waals surface area contributed by atoms with Gasteiger partial charge in [0.2, 0.25) is 5.91 Å². The number of fused-ring (bicyclic) bond motifs is 1. The zero-order chi connectivity index (χ0) is 31.7. The molecule has 4 N–H and O–H groups in total. The lowest BCUT2D eigenvalue weighted by Crippen LogP contribution is -2.29. The number of nitrogens with zero attached hydrogens (tertiary/aromatic N) is 4. The van der Waals surface area contributed by atoms with Crippen molar-refractivity contribution in [3.8, 4) is 11.5 Å². The van der Waals surface area contributed by atoms with Gasteiger partial charge in [-0.15, -0.1) is 11.3 Å². The predicted octanol–water partition coefficient (Wildman–Crippen LogP) is 4.50. The fourth-order valence-electron chi connectivity index (χ4n) is 4.12. The molecule has 0 unspecified atom stereocenters.